The molecular formula is C23H23N4NaO5. The van der Waals surface area contributed by atoms with Crippen molar-refractivity contribution in [1.29, 1.82) is 0 Å². The van der Waals surface area contributed by atoms with E-state index in [2.05, 4.69) is 30.1 Å². The van der Waals surface area contributed by atoms with Gasteiger partial charge in [-0.3, -0.25) is 4.79 Å². The fraction of sp³-hybridized carbons (Fsp3) is 0.174. The fourth-order valence-electron chi connectivity index (χ4n) is 3.05. The van der Waals surface area contributed by atoms with Crippen molar-refractivity contribution in [2.24, 2.45) is 0 Å². The summed E-state index contributed by atoms with van der Waals surface area (Å²) in [6, 6.07) is 13.5. The average molecular weight is 458 g/mol. The number of nitrogens with one attached hydrogen (secondary N) is 3. The Morgan fingerprint density at radius 1 is 1.15 bits per heavy atom. The molecule has 1 aliphatic heterocycles. The van der Waals surface area contributed by atoms with Gasteiger partial charge in [0.1, 0.15) is 5.58 Å². The van der Waals surface area contributed by atoms with Crippen molar-refractivity contribution in [3.05, 3.63) is 75.8 Å². The van der Waals surface area contributed by atoms with Gasteiger partial charge in [0.05, 0.1) is 0 Å². The van der Waals surface area contributed by atoms with Crippen LogP contribution in [0.15, 0.2) is 63.6 Å². The quantitative estimate of drug-likeness (QED) is 0.346. The molecule has 33 heavy (non-hydrogen) atoms. The van der Waals surface area contributed by atoms with E-state index in [1.807, 2.05) is 36.4 Å². The number of carbonyl (C=O) groups excluding carboxylic acids is 1. The molecule has 1 aromatic heterocycles. The van der Waals surface area contributed by atoms with E-state index >= 15 is 0 Å². The molecule has 10 heteroatoms. The number of carboxylic acid groups (broad SMARTS) is 1. The number of hydrogen-bond donors (Lipinski definition) is 4. The number of fused-ring (bicyclic) bond motifs is 1. The summed E-state index contributed by atoms with van der Waals surface area (Å²) >= 11 is 0.980. The van der Waals surface area contributed by atoms with Gasteiger partial charge in [-0.25, -0.2) is 0 Å². The summed E-state index contributed by atoms with van der Waals surface area (Å²) in [7, 11) is 0. The molecule has 166 valence electrons. The molecule has 0 aliphatic carbocycles. The Bertz CT molecular complexity index is 1260. The predicted molar refractivity (Wildman–Crippen MR) is 126 cm³/mol. The molecule has 0 radical (unpaired) electrons. The fourth-order valence-corrected chi connectivity index (χ4v) is 3.38. The summed E-state index contributed by atoms with van der Waals surface area (Å²) in [4.78, 5) is 34.2. The van der Waals surface area contributed by atoms with Crippen LogP contribution in [0.4, 0.5) is 5.69 Å². The minimum Gasteiger partial charge on any atom is -0.0438 e. The van der Waals surface area contributed by atoms with Crippen LogP contribution in [-0.4, -0.2) is 50.1 Å². The van der Waals surface area contributed by atoms with Gasteiger partial charge in [-0.15, -0.1) is 0 Å². The number of hydrogen-bond acceptors (Lipinski definition) is 7. The zero-order chi connectivity index (χ0) is 24.1. The Labute approximate surface area is 207 Å². The Hall–Kier alpha value is -3.11. The van der Waals surface area contributed by atoms with Crippen LogP contribution in [0.3, 0.4) is 0 Å². The molecule has 3 aromatic rings. The van der Waals surface area contributed by atoms with Gasteiger partial charge in [0.25, 0.3) is 5.97 Å². The molecule has 0 spiro atoms. The van der Waals surface area contributed by atoms with Gasteiger partial charge in [0.15, 0.2) is 0 Å². The van der Waals surface area contributed by atoms with Crippen molar-refractivity contribution in [3.63, 3.8) is 0 Å². The SMILES string of the molecule is CC(=O)O.CC(C)c1ccc2occ(C=C3NN(Nc4cc[c]([Na])cc4)NC3=O)c(=O)c2c1. The van der Waals surface area contributed by atoms with E-state index in [1.165, 1.54) is 20.4 Å². The predicted octanol–water partition coefficient (Wildman–Crippen LogP) is 2.02. The molecule has 1 saturated heterocycles. The number of amides is 1. The number of carbonyl (C=O) groups is 2. The summed E-state index contributed by atoms with van der Waals surface area (Å²) in [5.74, 6) is -0.890. The molecule has 0 saturated carbocycles. The standard InChI is InChI=1S/C21H19N4O3.C2H4O2.Na/c1-13(2)14-8-9-19-17(10-14)20(26)15(12-28-19)11-18-21(27)24-25(23-18)22-16-6-4-3-5-7-16;1-2(3)4;/h4-13,22-23H,1-2H3,(H,24,27);1H3,(H,3,4);. The summed E-state index contributed by atoms with van der Waals surface area (Å²) in [6.45, 7) is 5.22. The van der Waals surface area contributed by atoms with Crippen LogP contribution in [0.2, 0.25) is 0 Å². The van der Waals surface area contributed by atoms with Gasteiger partial charge in [-0.05, 0) is 23.6 Å². The van der Waals surface area contributed by atoms with Gasteiger partial charge in [-0.2, -0.15) is 0 Å². The molecule has 4 N–H and O–H groups in total. The third-order valence-electron chi connectivity index (χ3n) is 4.77. The van der Waals surface area contributed by atoms with Crippen molar-refractivity contribution in [2.75, 3.05) is 5.43 Å². The van der Waals surface area contributed by atoms with Crippen molar-refractivity contribution in [1.82, 2.24) is 16.1 Å². The number of benzene rings is 2. The first-order valence-electron chi connectivity index (χ1n) is 10.3. The van der Waals surface area contributed by atoms with Crippen molar-refractivity contribution >= 4 is 65.4 Å². The smallest absolute Gasteiger partial charge is 0.0438 e. The maximum atomic E-state index is 12.9. The number of hydrazine groups is 3. The number of anilines is 1. The van der Waals surface area contributed by atoms with Crippen LogP contribution in [0, 0.1) is 0 Å². The number of rotatable bonds is 4. The van der Waals surface area contributed by atoms with Crippen LogP contribution in [0.25, 0.3) is 17.0 Å². The zero-order valence-corrected chi connectivity index (χ0v) is 20.8. The first-order valence-corrected chi connectivity index (χ1v) is 11.3. The Balaban J connectivity index is 0.000000709. The molecule has 0 bridgehead atoms. The van der Waals surface area contributed by atoms with Crippen LogP contribution < -0.4 is 24.5 Å². The van der Waals surface area contributed by atoms with Crippen LogP contribution in [0.5, 0.6) is 0 Å². The summed E-state index contributed by atoms with van der Waals surface area (Å²) < 4.78 is 6.88. The van der Waals surface area contributed by atoms with E-state index < -0.39 is 5.97 Å². The Kier molecular flexibility index (Phi) is 7.93. The second-order valence-corrected chi connectivity index (χ2v) is 9.03. The third-order valence-corrected chi connectivity index (χ3v) is 5.44. The summed E-state index contributed by atoms with van der Waals surface area (Å²) in [5, 5.41) is 9.28. The zero-order valence-electron chi connectivity index (χ0n) is 18.8. The normalized spacial score (nSPS) is 14.6. The van der Waals surface area contributed by atoms with E-state index in [4.69, 9.17) is 14.3 Å². The van der Waals surface area contributed by atoms with Gasteiger partial charge in [-0.1, -0.05) is 19.9 Å². The minimum absolute atomic E-state index is 0.176. The Morgan fingerprint density at radius 3 is 2.45 bits per heavy atom. The molecule has 2 heterocycles. The molecule has 9 nitrogen and oxygen atoms in total. The maximum absolute atomic E-state index is 12.9. The number of aliphatic carboxylic acids is 1. The van der Waals surface area contributed by atoms with Crippen molar-refractivity contribution in [3.8, 4) is 0 Å². The second kappa shape index (κ2) is 10.7. The first-order chi connectivity index (χ1) is 15.6. The molecule has 2 aromatic carbocycles. The van der Waals surface area contributed by atoms with Gasteiger partial charge < -0.3 is 5.11 Å². The summed E-state index contributed by atoms with van der Waals surface area (Å²) in [6.07, 6.45) is 2.87. The molecule has 4 rings (SSSR count). The van der Waals surface area contributed by atoms with Gasteiger partial charge >= 0.3 is 137 Å². The van der Waals surface area contributed by atoms with Crippen LogP contribution in [-0.2, 0) is 9.59 Å². The average Bonchev–Trinajstić information content (AvgIpc) is 3.09. The topological polar surface area (TPSA) is 124 Å². The molecule has 1 amide bonds. The van der Waals surface area contributed by atoms with Gasteiger partial charge in [0.2, 0.25) is 0 Å². The molecule has 1 aliphatic rings. The van der Waals surface area contributed by atoms with E-state index in [0.717, 1.165) is 46.1 Å². The number of nitrogens with zero attached hydrogens (tertiary/aromatic N) is 1. The van der Waals surface area contributed by atoms with Crippen LogP contribution in [0.1, 0.15) is 37.8 Å². The second-order valence-electron chi connectivity index (χ2n) is 7.87. The number of carboxylic acids is 1. The molecule has 0 unspecified atom stereocenters. The minimum atomic E-state index is -0.833. The van der Waals surface area contributed by atoms with E-state index in [0.29, 0.717) is 22.5 Å². The molecule has 1 fully saturated rings. The van der Waals surface area contributed by atoms with E-state index in [-0.39, 0.29) is 17.0 Å². The monoisotopic (exact) mass is 458 g/mol. The van der Waals surface area contributed by atoms with Gasteiger partial charge in [0, 0.05) is 6.92 Å². The molecular weight excluding hydrogens is 435 g/mol. The first kappa shape index (κ1) is 24.5. The summed E-state index contributed by atoms with van der Waals surface area (Å²) in [5.41, 5.74) is 11.4. The van der Waals surface area contributed by atoms with Crippen LogP contribution >= 0.6 is 0 Å². The van der Waals surface area contributed by atoms with E-state index in [9.17, 15) is 9.59 Å². The van der Waals surface area contributed by atoms with Crippen molar-refractivity contribution in [2.45, 2.75) is 26.7 Å². The Morgan fingerprint density at radius 2 is 1.82 bits per heavy atom. The van der Waals surface area contributed by atoms with Crippen molar-refractivity contribution < 1.29 is 19.1 Å². The molecule has 0 atom stereocenters. The van der Waals surface area contributed by atoms with E-state index in [1.54, 1.807) is 6.07 Å². The third kappa shape index (κ3) is 6.45.